The van der Waals surface area contributed by atoms with Gasteiger partial charge in [-0.25, -0.2) is 8.78 Å². The quantitative estimate of drug-likeness (QED) is 0.746. The van der Waals surface area contributed by atoms with Gasteiger partial charge in [-0.05, 0) is 48.7 Å². The molecule has 2 aromatic carbocycles. The van der Waals surface area contributed by atoms with E-state index in [1.165, 1.54) is 24.3 Å². The molecule has 130 valence electrons. The van der Waals surface area contributed by atoms with Gasteiger partial charge in [-0.2, -0.15) is 0 Å². The standard InChI is InChI=1S/C19H20F2N4/c1-13-23-24-19(25(13)2)12-22-18(15-6-4-8-17(21)11-15)10-14-5-3-7-16(20)9-14/h3-9,11,18,22H,10,12H2,1-2H3/t18-/m0/s1. The first-order valence-electron chi connectivity index (χ1n) is 8.11. The largest absolute Gasteiger partial charge is 0.317 e. The predicted molar refractivity (Wildman–Crippen MR) is 91.8 cm³/mol. The van der Waals surface area contributed by atoms with E-state index >= 15 is 0 Å². The first kappa shape index (κ1) is 17.2. The van der Waals surface area contributed by atoms with Crippen LogP contribution in [0.15, 0.2) is 48.5 Å². The molecule has 0 saturated heterocycles. The molecule has 0 aliphatic rings. The van der Waals surface area contributed by atoms with E-state index in [4.69, 9.17) is 0 Å². The van der Waals surface area contributed by atoms with Gasteiger partial charge in [0.2, 0.25) is 0 Å². The van der Waals surface area contributed by atoms with E-state index in [1.807, 2.05) is 30.7 Å². The maximum absolute atomic E-state index is 13.6. The first-order valence-corrected chi connectivity index (χ1v) is 8.11. The normalized spacial score (nSPS) is 12.3. The van der Waals surface area contributed by atoms with Crippen molar-refractivity contribution in [3.8, 4) is 0 Å². The van der Waals surface area contributed by atoms with Crippen LogP contribution in [0.3, 0.4) is 0 Å². The van der Waals surface area contributed by atoms with E-state index in [-0.39, 0.29) is 17.7 Å². The molecule has 0 spiro atoms. The number of nitrogens with zero attached hydrogens (tertiary/aromatic N) is 3. The molecule has 1 atom stereocenters. The Balaban J connectivity index is 1.82. The van der Waals surface area contributed by atoms with Crippen LogP contribution >= 0.6 is 0 Å². The fraction of sp³-hybridized carbons (Fsp3) is 0.263. The second-order valence-electron chi connectivity index (χ2n) is 6.04. The van der Waals surface area contributed by atoms with Crippen molar-refractivity contribution in [2.24, 2.45) is 7.05 Å². The van der Waals surface area contributed by atoms with Crippen LogP contribution in [0, 0.1) is 18.6 Å². The average molecular weight is 342 g/mol. The fourth-order valence-corrected chi connectivity index (χ4v) is 2.75. The van der Waals surface area contributed by atoms with Gasteiger partial charge in [0.1, 0.15) is 23.3 Å². The summed E-state index contributed by atoms with van der Waals surface area (Å²) in [5.74, 6) is 1.04. The van der Waals surface area contributed by atoms with Crippen LogP contribution < -0.4 is 5.32 Å². The van der Waals surface area contributed by atoms with Gasteiger partial charge in [0.25, 0.3) is 0 Å². The molecular formula is C19H20F2N4. The summed E-state index contributed by atoms with van der Waals surface area (Å²) in [6.45, 7) is 2.36. The van der Waals surface area contributed by atoms with Crippen molar-refractivity contribution in [1.29, 1.82) is 0 Å². The highest BCUT2D eigenvalue weighted by molar-refractivity contribution is 5.25. The lowest BCUT2D eigenvalue weighted by Gasteiger charge is -2.19. The number of aryl methyl sites for hydroxylation is 1. The molecule has 0 unspecified atom stereocenters. The van der Waals surface area contributed by atoms with Crippen molar-refractivity contribution in [1.82, 2.24) is 20.1 Å². The number of nitrogens with one attached hydrogen (secondary N) is 1. The highest BCUT2D eigenvalue weighted by Crippen LogP contribution is 2.20. The summed E-state index contributed by atoms with van der Waals surface area (Å²) in [6, 6.07) is 12.7. The second kappa shape index (κ2) is 7.53. The lowest BCUT2D eigenvalue weighted by Crippen LogP contribution is -2.24. The number of hydrogen-bond donors (Lipinski definition) is 1. The molecular weight excluding hydrogens is 322 g/mol. The smallest absolute Gasteiger partial charge is 0.146 e. The minimum absolute atomic E-state index is 0.172. The number of benzene rings is 2. The van der Waals surface area contributed by atoms with Gasteiger partial charge in [0.15, 0.2) is 0 Å². The number of halogens is 2. The Morgan fingerprint density at radius 3 is 2.40 bits per heavy atom. The number of rotatable bonds is 6. The number of hydrogen-bond acceptors (Lipinski definition) is 3. The molecule has 0 fully saturated rings. The van der Waals surface area contributed by atoms with Gasteiger partial charge >= 0.3 is 0 Å². The minimum Gasteiger partial charge on any atom is -0.317 e. The molecule has 0 aliphatic heterocycles. The van der Waals surface area contributed by atoms with Crippen molar-refractivity contribution in [2.45, 2.75) is 25.9 Å². The van der Waals surface area contributed by atoms with Crippen molar-refractivity contribution < 1.29 is 8.78 Å². The molecule has 1 N–H and O–H groups in total. The van der Waals surface area contributed by atoms with Crippen LogP contribution in [0.4, 0.5) is 8.78 Å². The SMILES string of the molecule is Cc1nnc(CN[C@@H](Cc2cccc(F)c2)c2cccc(F)c2)n1C. The predicted octanol–water partition coefficient (Wildman–Crippen LogP) is 3.48. The molecule has 3 rings (SSSR count). The maximum atomic E-state index is 13.6. The van der Waals surface area contributed by atoms with Gasteiger partial charge in [0.05, 0.1) is 6.54 Å². The zero-order valence-electron chi connectivity index (χ0n) is 14.2. The Hall–Kier alpha value is -2.60. The van der Waals surface area contributed by atoms with Crippen LogP contribution in [0.1, 0.15) is 28.8 Å². The van der Waals surface area contributed by atoms with E-state index in [0.717, 1.165) is 22.8 Å². The van der Waals surface area contributed by atoms with E-state index in [1.54, 1.807) is 12.1 Å². The molecule has 0 aliphatic carbocycles. The highest BCUT2D eigenvalue weighted by atomic mass is 19.1. The third-order valence-corrected chi connectivity index (χ3v) is 4.27. The number of aromatic nitrogens is 3. The third kappa shape index (κ3) is 4.28. The molecule has 0 bridgehead atoms. The zero-order valence-corrected chi connectivity index (χ0v) is 14.2. The van der Waals surface area contributed by atoms with Gasteiger partial charge in [-0.3, -0.25) is 0 Å². The lowest BCUT2D eigenvalue weighted by atomic mass is 9.98. The topological polar surface area (TPSA) is 42.7 Å². The summed E-state index contributed by atoms with van der Waals surface area (Å²) >= 11 is 0. The van der Waals surface area contributed by atoms with Crippen molar-refractivity contribution in [2.75, 3.05) is 0 Å². The fourth-order valence-electron chi connectivity index (χ4n) is 2.75. The summed E-state index contributed by atoms with van der Waals surface area (Å²) in [5.41, 5.74) is 1.65. The molecule has 3 aromatic rings. The molecule has 0 saturated carbocycles. The highest BCUT2D eigenvalue weighted by Gasteiger charge is 2.15. The van der Waals surface area contributed by atoms with Gasteiger partial charge in [-0.15, -0.1) is 10.2 Å². The molecule has 6 heteroatoms. The summed E-state index contributed by atoms with van der Waals surface area (Å²) in [7, 11) is 1.90. The van der Waals surface area contributed by atoms with Crippen LogP contribution in [0.2, 0.25) is 0 Å². The molecule has 25 heavy (non-hydrogen) atoms. The Morgan fingerprint density at radius 2 is 1.76 bits per heavy atom. The van der Waals surface area contributed by atoms with E-state index in [2.05, 4.69) is 15.5 Å². The molecule has 4 nitrogen and oxygen atoms in total. The van der Waals surface area contributed by atoms with E-state index < -0.39 is 0 Å². The van der Waals surface area contributed by atoms with Gasteiger partial charge in [0, 0.05) is 13.1 Å². The van der Waals surface area contributed by atoms with Crippen LogP contribution in [-0.2, 0) is 20.0 Å². The van der Waals surface area contributed by atoms with E-state index in [0.29, 0.717) is 13.0 Å². The Bertz CT molecular complexity index is 860. The van der Waals surface area contributed by atoms with Crippen molar-refractivity contribution in [3.63, 3.8) is 0 Å². The molecule has 1 heterocycles. The average Bonchev–Trinajstić information content (AvgIpc) is 2.90. The minimum atomic E-state index is -0.293. The molecule has 0 radical (unpaired) electrons. The molecule has 1 aromatic heterocycles. The van der Waals surface area contributed by atoms with E-state index in [9.17, 15) is 8.78 Å². The van der Waals surface area contributed by atoms with Crippen molar-refractivity contribution >= 4 is 0 Å². The molecule has 0 amide bonds. The summed E-state index contributed by atoms with van der Waals surface area (Å²) in [4.78, 5) is 0. The van der Waals surface area contributed by atoms with Crippen LogP contribution in [-0.4, -0.2) is 14.8 Å². The lowest BCUT2D eigenvalue weighted by molar-refractivity contribution is 0.505. The first-order chi connectivity index (χ1) is 12.0. The Morgan fingerprint density at radius 1 is 1.04 bits per heavy atom. The maximum Gasteiger partial charge on any atom is 0.146 e. The zero-order chi connectivity index (χ0) is 17.8. The van der Waals surface area contributed by atoms with Gasteiger partial charge in [-0.1, -0.05) is 24.3 Å². The Kier molecular flexibility index (Phi) is 5.19. The van der Waals surface area contributed by atoms with Crippen molar-refractivity contribution in [3.05, 3.63) is 82.9 Å². The monoisotopic (exact) mass is 342 g/mol. The third-order valence-electron chi connectivity index (χ3n) is 4.27. The van der Waals surface area contributed by atoms with Crippen LogP contribution in [0.5, 0.6) is 0 Å². The second-order valence-corrected chi connectivity index (χ2v) is 6.04. The summed E-state index contributed by atoms with van der Waals surface area (Å²) in [5, 5.41) is 11.6. The van der Waals surface area contributed by atoms with Gasteiger partial charge < -0.3 is 9.88 Å². The summed E-state index contributed by atoms with van der Waals surface area (Å²) < 4.78 is 29.0. The van der Waals surface area contributed by atoms with Crippen LogP contribution in [0.25, 0.3) is 0 Å². The summed E-state index contributed by atoms with van der Waals surface area (Å²) in [6.07, 6.45) is 0.540. The Labute approximate surface area is 145 Å².